The van der Waals surface area contributed by atoms with Crippen LogP contribution < -0.4 is 4.90 Å². The van der Waals surface area contributed by atoms with E-state index in [1.54, 1.807) is 48.6 Å². The monoisotopic (exact) mass is 484 g/mol. The number of rotatable bonds is 5. The summed E-state index contributed by atoms with van der Waals surface area (Å²) in [6.45, 7) is 1.92. The zero-order valence-corrected chi connectivity index (χ0v) is 18.6. The van der Waals surface area contributed by atoms with Crippen molar-refractivity contribution in [3.8, 4) is 0 Å². The predicted octanol–water partition coefficient (Wildman–Crippen LogP) is 6.75. The van der Waals surface area contributed by atoms with Gasteiger partial charge in [-0.15, -0.1) is 22.7 Å². The molecule has 0 amide bonds. The van der Waals surface area contributed by atoms with Gasteiger partial charge >= 0.3 is 5.97 Å². The molecule has 0 radical (unpaired) electrons. The number of hydrogen-bond acceptors (Lipinski definition) is 8. The molecule has 6 nitrogen and oxygen atoms in total. The molecule has 4 heterocycles. The number of nitrogens with zero attached hydrogens (tertiary/aromatic N) is 4. The van der Waals surface area contributed by atoms with Gasteiger partial charge in [-0.2, -0.15) is 0 Å². The number of esters is 1. The summed E-state index contributed by atoms with van der Waals surface area (Å²) >= 11 is 21.2. The molecule has 0 saturated heterocycles. The number of aromatic nitrogens is 3. The number of halogens is 3. The molecule has 0 aliphatic heterocycles. The van der Waals surface area contributed by atoms with Crippen molar-refractivity contribution in [1.29, 1.82) is 0 Å². The van der Waals surface area contributed by atoms with Crippen LogP contribution in [0.4, 0.5) is 16.6 Å². The van der Waals surface area contributed by atoms with Crippen LogP contribution in [0.3, 0.4) is 0 Å². The van der Waals surface area contributed by atoms with E-state index >= 15 is 0 Å². The van der Waals surface area contributed by atoms with Crippen molar-refractivity contribution in [1.82, 2.24) is 15.0 Å². The van der Waals surface area contributed by atoms with E-state index in [1.165, 1.54) is 11.3 Å². The number of thiophene rings is 2. The number of fused-ring (bicyclic) bond motifs is 1. The molecule has 0 fully saturated rings. The summed E-state index contributed by atoms with van der Waals surface area (Å²) in [5.41, 5.74) is 0.843. The van der Waals surface area contributed by atoms with Crippen molar-refractivity contribution in [3.63, 3.8) is 0 Å². The topological polar surface area (TPSA) is 68.2 Å². The standard InChI is InChI=1S/C18H11Cl3N4O2S2/c1-2-27-17(26)12-13(20)14(21)29-16(12)25(10-3-5-22-6-4-10)18-23-8-9-7-11(19)28-15(9)24-18/h3-8H,2H2,1H3. The van der Waals surface area contributed by atoms with E-state index in [1.807, 2.05) is 0 Å². The second-order valence-corrected chi connectivity index (χ2v) is 9.25. The van der Waals surface area contributed by atoms with Gasteiger partial charge in [-0.05, 0) is 25.1 Å². The van der Waals surface area contributed by atoms with Crippen LogP contribution in [0.1, 0.15) is 17.3 Å². The minimum Gasteiger partial charge on any atom is -0.462 e. The first-order valence-electron chi connectivity index (χ1n) is 8.26. The predicted molar refractivity (Wildman–Crippen MR) is 119 cm³/mol. The molecule has 0 spiro atoms. The maximum Gasteiger partial charge on any atom is 0.342 e. The SMILES string of the molecule is CCOC(=O)c1c(N(c2ccncc2)c2ncc3cc(Cl)sc3n2)sc(Cl)c1Cl. The summed E-state index contributed by atoms with van der Waals surface area (Å²) in [6.07, 6.45) is 4.93. The fourth-order valence-corrected chi connectivity index (χ4v) is 5.27. The zero-order chi connectivity index (χ0) is 20.5. The Morgan fingerprint density at radius 3 is 2.69 bits per heavy atom. The lowest BCUT2D eigenvalue weighted by Crippen LogP contribution is -2.16. The van der Waals surface area contributed by atoms with Crippen molar-refractivity contribution < 1.29 is 9.53 Å². The van der Waals surface area contributed by atoms with Gasteiger partial charge in [0.15, 0.2) is 0 Å². The highest BCUT2D eigenvalue weighted by atomic mass is 35.5. The molecule has 4 aromatic heterocycles. The van der Waals surface area contributed by atoms with Crippen LogP contribution in [-0.4, -0.2) is 27.5 Å². The van der Waals surface area contributed by atoms with E-state index in [2.05, 4.69) is 15.0 Å². The average molecular weight is 486 g/mol. The molecule has 0 N–H and O–H groups in total. The lowest BCUT2D eigenvalue weighted by Gasteiger charge is -2.22. The Bertz CT molecular complexity index is 1200. The largest absolute Gasteiger partial charge is 0.462 e. The maximum absolute atomic E-state index is 12.6. The van der Waals surface area contributed by atoms with Crippen LogP contribution in [0.2, 0.25) is 13.7 Å². The van der Waals surface area contributed by atoms with Gasteiger partial charge in [-0.3, -0.25) is 9.88 Å². The third kappa shape index (κ3) is 3.91. The molecule has 0 aromatic carbocycles. The highest BCUT2D eigenvalue weighted by molar-refractivity contribution is 7.22. The van der Waals surface area contributed by atoms with Gasteiger partial charge in [0.1, 0.15) is 19.7 Å². The number of hydrogen-bond donors (Lipinski definition) is 0. The van der Waals surface area contributed by atoms with Gasteiger partial charge in [0, 0.05) is 24.0 Å². The molecule has 11 heteroatoms. The molecule has 0 aliphatic rings. The van der Waals surface area contributed by atoms with Crippen LogP contribution in [0.25, 0.3) is 10.2 Å². The van der Waals surface area contributed by atoms with E-state index < -0.39 is 5.97 Å². The summed E-state index contributed by atoms with van der Waals surface area (Å²) in [4.78, 5) is 28.2. The second kappa shape index (κ2) is 8.41. The van der Waals surface area contributed by atoms with Crippen LogP contribution in [0, 0.1) is 0 Å². The maximum atomic E-state index is 12.6. The lowest BCUT2D eigenvalue weighted by atomic mass is 10.2. The van der Waals surface area contributed by atoms with Crippen molar-refractivity contribution in [2.45, 2.75) is 6.92 Å². The highest BCUT2D eigenvalue weighted by Gasteiger charge is 2.30. The van der Waals surface area contributed by atoms with Crippen LogP contribution >= 0.6 is 57.5 Å². The molecule has 0 bridgehead atoms. The fraction of sp³-hybridized carbons (Fsp3) is 0.111. The first-order valence-corrected chi connectivity index (χ1v) is 11.0. The molecule has 0 aliphatic carbocycles. The Balaban J connectivity index is 1.95. The number of anilines is 3. The van der Waals surface area contributed by atoms with Crippen molar-refractivity contribution >= 4 is 90.3 Å². The van der Waals surface area contributed by atoms with E-state index in [4.69, 9.17) is 39.5 Å². The Morgan fingerprint density at radius 2 is 1.97 bits per heavy atom. The number of carbonyl (C=O) groups excluding carboxylic acids is 1. The van der Waals surface area contributed by atoms with Gasteiger partial charge in [-0.25, -0.2) is 14.8 Å². The average Bonchev–Trinajstić information content (AvgIpc) is 3.21. The van der Waals surface area contributed by atoms with E-state index in [0.29, 0.717) is 25.8 Å². The van der Waals surface area contributed by atoms with Crippen LogP contribution in [0.5, 0.6) is 0 Å². The first-order chi connectivity index (χ1) is 14.0. The van der Waals surface area contributed by atoms with Gasteiger partial charge in [-0.1, -0.05) is 34.8 Å². The van der Waals surface area contributed by atoms with E-state index in [0.717, 1.165) is 16.7 Å². The molecule has 148 valence electrons. The lowest BCUT2D eigenvalue weighted by molar-refractivity contribution is 0.0528. The fourth-order valence-electron chi connectivity index (χ4n) is 2.63. The van der Waals surface area contributed by atoms with Gasteiger partial charge in [0.25, 0.3) is 0 Å². The summed E-state index contributed by atoms with van der Waals surface area (Å²) in [5, 5.41) is 1.40. The summed E-state index contributed by atoms with van der Waals surface area (Å²) in [7, 11) is 0. The Labute approximate surface area is 188 Å². The Morgan fingerprint density at radius 1 is 1.21 bits per heavy atom. The minimum absolute atomic E-state index is 0.129. The van der Waals surface area contributed by atoms with Gasteiger partial charge in [0.2, 0.25) is 5.95 Å². The third-order valence-corrected chi connectivity index (χ3v) is 6.97. The normalized spacial score (nSPS) is 11.0. The van der Waals surface area contributed by atoms with Crippen molar-refractivity contribution in [3.05, 3.63) is 56.0 Å². The number of pyridine rings is 1. The third-order valence-electron chi connectivity index (χ3n) is 3.83. The van der Waals surface area contributed by atoms with Crippen molar-refractivity contribution in [2.24, 2.45) is 0 Å². The molecular formula is C18H11Cl3N4O2S2. The molecule has 0 atom stereocenters. The van der Waals surface area contributed by atoms with E-state index in [9.17, 15) is 4.79 Å². The zero-order valence-electron chi connectivity index (χ0n) is 14.7. The molecule has 0 saturated carbocycles. The number of ether oxygens (including phenoxy) is 1. The molecule has 29 heavy (non-hydrogen) atoms. The van der Waals surface area contributed by atoms with Gasteiger partial charge < -0.3 is 4.74 Å². The Kier molecular flexibility index (Phi) is 5.89. The summed E-state index contributed by atoms with van der Waals surface area (Å²) < 4.78 is 6.06. The molecule has 4 aromatic rings. The summed E-state index contributed by atoms with van der Waals surface area (Å²) in [5.74, 6) is -0.239. The summed E-state index contributed by atoms with van der Waals surface area (Å²) in [6, 6.07) is 5.34. The first kappa shape index (κ1) is 20.3. The molecule has 0 unspecified atom stereocenters. The highest BCUT2D eigenvalue weighted by Crippen LogP contribution is 2.47. The second-order valence-electron chi connectivity index (χ2n) is 5.61. The quantitative estimate of drug-likeness (QED) is 0.291. The minimum atomic E-state index is -0.574. The number of carbonyl (C=O) groups is 1. The molecule has 4 rings (SSSR count). The molecular weight excluding hydrogens is 475 g/mol. The van der Waals surface area contributed by atoms with Crippen molar-refractivity contribution in [2.75, 3.05) is 11.5 Å². The van der Waals surface area contributed by atoms with Crippen LogP contribution in [0.15, 0.2) is 36.8 Å². The Hall–Kier alpha value is -1.97. The smallest absolute Gasteiger partial charge is 0.342 e. The van der Waals surface area contributed by atoms with Crippen LogP contribution in [-0.2, 0) is 4.74 Å². The van der Waals surface area contributed by atoms with Gasteiger partial charge in [0.05, 0.1) is 21.7 Å². The van der Waals surface area contributed by atoms with E-state index in [-0.39, 0.29) is 21.5 Å².